The van der Waals surface area contributed by atoms with Crippen LogP contribution in [0.3, 0.4) is 0 Å². The fourth-order valence-corrected chi connectivity index (χ4v) is 3.34. The third kappa shape index (κ3) is 5.37. The molecule has 1 rings (SSSR count). The van der Waals surface area contributed by atoms with Gasteiger partial charge in [0.05, 0.1) is 11.5 Å². The lowest BCUT2D eigenvalue weighted by atomic mass is 10.2. The zero-order valence-electron chi connectivity index (χ0n) is 14.5. The van der Waals surface area contributed by atoms with Crippen LogP contribution >= 0.6 is 11.3 Å². The van der Waals surface area contributed by atoms with Crippen molar-refractivity contribution in [2.75, 3.05) is 13.2 Å². The van der Waals surface area contributed by atoms with Gasteiger partial charge in [-0.25, -0.2) is 0 Å². The number of carbonyl (C=O) groups excluding carboxylic acids is 1. The van der Waals surface area contributed by atoms with E-state index in [9.17, 15) is 4.79 Å². The van der Waals surface area contributed by atoms with Crippen LogP contribution in [0.15, 0.2) is 0 Å². The lowest BCUT2D eigenvalue weighted by molar-refractivity contribution is 0.0999. The molecular formula is C15H28N2O3SSi. The summed E-state index contributed by atoms with van der Waals surface area (Å²) in [5.41, 5.74) is 5.21. The molecule has 0 saturated carbocycles. The molecule has 2 N–H and O–H groups in total. The predicted molar refractivity (Wildman–Crippen MR) is 93.2 cm³/mol. The van der Waals surface area contributed by atoms with Crippen LogP contribution in [0.25, 0.3) is 0 Å². The number of hydrogen-bond donors (Lipinski definition) is 1. The van der Waals surface area contributed by atoms with Crippen LogP contribution in [-0.4, -0.2) is 32.4 Å². The Morgan fingerprint density at radius 1 is 1.27 bits per heavy atom. The first-order valence-electron chi connectivity index (χ1n) is 7.58. The number of primary amides is 1. The first-order valence-corrected chi connectivity index (χ1v) is 11.3. The molecule has 0 aliphatic carbocycles. The summed E-state index contributed by atoms with van der Waals surface area (Å²) in [7, 11) is -1.65. The lowest BCUT2D eigenvalue weighted by Gasteiger charge is -2.36. The Balaban J connectivity index is 2.28. The third-order valence-corrected chi connectivity index (χ3v) is 9.52. The molecule has 0 bridgehead atoms. The second-order valence-electron chi connectivity index (χ2n) is 6.91. The molecule has 1 aromatic rings. The van der Waals surface area contributed by atoms with Crippen molar-refractivity contribution in [3.8, 4) is 5.88 Å². The molecule has 22 heavy (non-hydrogen) atoms. The maximum absolute atomic E-state index is 11.1. The van der Waals surface area contributed by atoms with E-state index in [-0.39, 0.29) is 5.04 Å². The second-order valence-corrected chi connectivity index (χ2v) is 12.9. The van der Waals surface area contributed by atoms with Crippen molar-refractivity contribution in [1.29, 1.82) is 0 Å². The van der Waals surface area contributed by atoms with Crippen LogP contribution in [0.1, 0.15) is 48.3 Å². The maximum Gasteiger partial charge on any atom is 0.277 e. The Morgan fingerprint density at radius 3 is 2.36 bits per heavy atom. The smallest absolute Gasteiger partial charge is 0.277 e. The van der Waals surface area contributed by atoms with Crippen LogP contribution < -0.4 is 10.5 Å². The number of nitrogens with two attached hydrogens (primary N) is 1. The van der Waals surface area contributed by atoms with Crippen molar-refractivity contribution >= 4 is 25.6 Å². The van der Waals surface area contributed by atoms with E-state index in [4.69, 9.17) is 14.9 Å². The van der Waals surface area contributed by atoms with Crippen molar-refractivity contribution in [3.63, 3.8) is 0 Å². The van der Waals surface area contributed by atoms with Gasteiger partial charge in [0, 0.05) is 6.61 Å². The first-order chi connectivity index (χ1) is 10.0. The summed E-state index contributed by atoms with van der Waals surface area (Å²) in [6.45, 7) is 14.4. The van der Waals surface area contributed by atoms with Crippen molar-refractivity contribution < 1.29 is 14.0 Å². The zero-order valence-corrected chi connectivity index (χ0v) is 16.3. The summed E-state index contributed by atoms with van der Waals surface area (Å²) in [6, 6.07) is 0. The van der Waals surface area contributed by atoms with Gasteiger partial charge >= 0.3 is 0 Å². The van der Waals surface area contributed by atoms with Gasteiger partial charge in [-0.2, -0.15) is 4.98 Å². The minimum Gasteiger partial charge on any atom is -0.477 e. The number of ether oxygens (including phenoxy) is 1. The molecule has 1 aromatic heterocycles. The summed E-state index contributed by atoms with van der Waals surface area (Å²) in [5, 5.41) is 0.542. The maximum atomic E-state index is 11.1. The molecule has 5 nitrogen and oxygen atoms in total. The molecule has 126 valence electrons. The number of hydrogen-bond acceptors (Lipinski definition) is 5. The Hall–Kier alpha value is -0.923. The van der Waals surface area contributed by atoms with Crippen molar-refractivity contribution in [2.24, 2.45) is 5.73 Å². The largest absolute Gasteiger partial charge is 0.477 e. The quantitative estimate of drug-likeness (QED) is 0.576. The number of rotatable bonds is 8. The number of carbonyl (C=O) groups is 1. The van der Waals surface area contributed by atoms with Gasteiger partial charge in [0.15, 0.2) is 13.3 Å². The minimum atomic E-state index is -1.65. The highest BCUT2D eigenvalue weighted by atomic mass is 32.1. The van der Waals surface area contributed by atoms with E-state index >= 15 is 0 Å². The summed E-state index contributed by atoms with van der Waals surface area (Å²) in [4.78, 5) is 16.0. The van der Waals surface area contributed by atoms with Crippen molar-refractivity contribution in [1.82, 2.24) is 4.98 Å². The minimum absolute atomic E-state index is 0.242. The summed E-state index contributed by atoms with van der Waals surface area (Å²) >= 11 is 1.27. The molecule has 0 saturated heterocycles. The Bertz CT molecular complexity index is 509. The normalized spacial score (nSPS) is 12.5. The molecule has 0 atom stereocenters. The molecule has 0 fully saturated rings. The van der Waals surface area contributed by atoms with Gasteiger partial charge in [0.25, 0.3) is 5.91 Å². The number of thiazole rings is 1. The molecule has 0 unspecified atom stereocenters. The topological polar surface area (TPSA) is 74.4 Å². The number of unbranched alkanes of at least 4 members (excludes halogenated alkanes) is 1. The van der Waals surface area contributed by atoms with Crippen LogP contribution in [0.2, 0.25) is 18.1 Å². The van der Waals surface area contributed by atoms with Gasteiger partial charge in [-0.3, -0.25) is 4.79 Å². The van der Waals surface area contributed by atoms with E-state index in [1.807, 2.05) is 6.92 Å². The highest BCUT2D eigenvalue weighted by Gasteiger charge is 2.36. The van der Waals surface area contributed by atoms with Crippen LogP contribution in [0.4, 0.5) is 0 Å². The van der Waals surface area contributed by atoms with E-state index in [2.05, 4.69) is 38.8 Å². The molecule has 7 heteroatoms. The summed E-state index contributed by atoms with van der Waals surface area (Å²) in [6.07, 6.45) is 1.86. The zero-order chi connectivity index (χ0) is 17.0. The Morgan fingerprint density at radius 2 is 1.86 bits per heavy atom. The van der Waals surface area contributed by atoms with Gasteiger partial charge in [-0.15, -0.1) is 11.3 Å². The van der Waals surface area contributed by atoms with Crippen molar-refractivity contribution in [3.05, 3.63) is 9.88 Å². The average Bonchev–Trinajstić information content (AvgIpc) is 2.74. The monoisotopic (exact) mass is 344 g/mol. The Labute approximate surface area is 138 Å². The van der Waals surface area contributed by atoms with Gasteiger partial charge in [-0.05, 0) is 37.9 Å². The third-order valence-electron chi connectivity index (χ3n) is 4.01. The molecule has 0 aliphatic rings. The fourth-order valence-electron chi connectivity index (χ4n) is 1.54. The van der Waals surface area contributed by atoms with Gasteiger partial charge < -0.3 is 14.9 Å². The molecule has 0 radical (unpaired) electrons. The number of aromatic nitrogens is 1. The first kappa shape index (κ1) is 19.1. The highest BCUT2D eigenvalue weighted by molar-refractivity contribution is 7.13. The standard InChI is InChI=1S/C15H28N2O3SSi/c1-11-13(17-14(21-11)12(16)18)19-9-7-8-10-20-22(5,6)15(2,3)4/h7-10H2,1-6H3,(H2,16,18). The average molecular weight is 345 g/mol. The van der Waals surface area contributed by atoms with Gasteiger partial charge in [0.2, 0.25) is 5.88 Å². The predicted octanol–water partition coefficient (Wildman–Crippen LogP) is 3.73. The molecule has 1 heterocycles. The molecule has 1 amide bonds. The van der Waals surface area contributed by atoms with Crippen LogP contribution in [0.5, 0.6) is 5.88 Å². The van der Waals surface area contributed by atoms with Crippen LogP contribution in [-0.2, 0) is 4.43 Å². The second kappa shape index (κ2) is 7.57. The van der Waals surface area contributed by atoms with E-state index in [1.165, 1.54) is 11.3 Å². The van der Waals surface area contributed by atoms with E-state index in [1.54, 1.807) is 0 Å². The molecule has 0 spiro atoms. The molecular weight excluding hydrogens is 316 g/mol. The van der Waals surface area contributed by atoms with E-state index < -0.39 is 14.2 Å². The van der Waals surface area contributed by atoms with E-state index in [0.29, 0.717) is 17.5 Å². The highest BCUT2D eigenvalue weighted by Crippen LogP contribution is 2.36. The number of nitrogens with zero attached hydrogens (tertiary/aromatic N) is 1. The van der Waals surface area contributed by atoms with Gasteiger partial charge in [0.1, 0.15) is 0 Å². The molecule has 0 aromatic carbocycles. The number of aryl methyl sites for hydroxylation is 1. The Kier molecular flexibility index (Phi) is 6.58. The van der Waals surface area contributed by atoms with E-state index in [0.717, 1.165) is 24.3 Å². The SMILES string of the molecule is Cc1sc(C(N)=O)nc1OCCCCO[Si](C)(C)C(C)(C)C. The van der Waals surface area contributed by atoms with Gasteiger partial charge in [-0.1, -0.05) is 20.8 Å². The lowest BCUT2D eigenvalue weighted by Crippen LogP contribution is -2.41. The summed E-state index contributed by atoms with van der Waals surface area (Å²) < 4.78 is 11.7. The summed E-state index contributed by atoms with van der Waals surface area (Å²) in [5.74, 6) is 0.00911. The number of amides is 1. The van der Waals surface area contributed by atoms with Crippen LogP contribution in [0, 0.1) is 6.92 Å². The molecule has 0 aliphatic heterocycles. The fraction of sp³-hybridized carbons (Fsp3) is 0.733. The van der Waals surface area contributed by atoms with Crippen molar-refractivity contribution in [2.45, 2.75) is 58.7 Å².